The number of amides is 2. The summed E-state index contributed by atoms with van der Waals surface area (Å²) in [5.74, 6) is -0.287. The van der Waals surface area contributed by atoms with Crippen molar-refractivity contribution >= 4 is 71.9 Å². The van der Waals surface area contributed by atoms with Gasteiger partial charge in [-0.2, -0.15) is 0 Å². The van der Waals surface area contributed by atoms with E-state index in [1.807, 2.05) is 0 Å². The Labute approximate surface area is 112 Å². The van der Waals surface area contributed by atoms with Crippen LogP contribution in [0.5, 0.6) is 0 Å². The standard InChI is InChI=1S/C4H4BrNO2.CH2O3.Ca/c5-6-3(7)1-2-4(6)8;2-1(3)4;/h1-2H2;(H2,2,3,4);/q;;+2/p-2. The van der Waals surface area contributed by atoms with Crippen LogP contribution in [0, 0.1) is 0 Å². The Bertz CT molecular complexity index is 201. The molecule has 0 aliphatic carbocycles. The largest absolute Gasteiger partial charge is 2.00 e. The second-order valence-corrected chi connectivity index (χ2v) is 2.53. The quantitative estimate of drug-likeness (QED) is 0.280. The van der Waals surface area contributed by atoms with E-state index in [4.69, 9.17) is 15.0 Å². The average molecular weight is 278 g/mol. The summed E-state index contributed by atoms with van der Waals surface area (Å²) in [6.45, 7) is 0. The van der Waals surface area contributed by atoms with Gasteiger partial charge >= 0.3 is 37.7 Å². The van der Waals surface area contributed by atoms with Gasteiger partial charge < -0.3 is 15.0 Å². The minimum atomic E-state index is -2.33. The monoisotopic (exact) mass is 277 g/mol. The van der Waals surface area contributed by atoms with Gasteiger partial charge in [0.05, 0.1) is 16.1 Å². The van der Waals surface area contributed by atoms with Crippen molar-refractivity contribution in [2.75, 3.05) is 0 Å². The Morgan fingerprint density at radius 2 is 1.46 bits per heavy atom. The van der Waals surface area contributed by atoms with Crippen molar-refractivity contribution < 1.29 is 24.6 Å². The summed E-state index contributed by atoms with van der Waals surface area (Å²) >= 11 is 2.80. The van der Waals surface area contributed by atoms with Crippen LogP contribution in [-0.4, -0.2) is 59.6 Å². The van der Waals surface area contributed by atoms with Gasteiger partial charge in [-0.15, -0.1) is 0 Å². The molecule has 1 aliphatic heterocycles. The van der Waals surface area contributed by atoms with Crippen molar-refractivity contribution in [1.29, 1.82) is 0 Å². The van der Waals surface area contributed by atoms with Crippen molar-refractivity contribution in [3.8, 4) is 0 Å². The van der Waals surface area contributed by atoms with Crippen LogP contribution in [0.15, 0.2) is 0 Å². The maximum absolute atomic E-state index is 10.4. The Hall–Kier alpha value is 0.150. The molecule has 1 saturated heterocycles. The minimum absolute atomic E-state index is 0. The SMILES string of the molecule is O=C([O-])[O-].O=C1CCC(=O)N1Br.[Ca+2]. The van der Waals surface area contributed by atoms with E-state index in [0.29, 0.717) is 12.8 Å². The maximum atomic E-state index is 10.4. The van der Waals surface area contributed by atoms with Crippen molar-refractivity contribution in [3.63, 3.8) is 0 Å². The number of nitrogens with zero attached hydrogens (tertiary/aromatic N) is 1. The van der Waals surface area contributed by atoms with E-state index in [1.165, 1.54) is 0 Å². The molecule has 0 radical (unpaired) electrons. The maximum Gasteiger partial charge on any atom is 2.00 e. The van der Waals surface area contributed by atoms with Crippen molar-refractivity contribution in [3.05, 3.63) is 0 Å². The predicted molar refractivity (Wildman–Crippen MR) is 41.2 cm³/mol. The summed E-state index contributed by atoms with van der Waals surface area (Å²) in [5, 5.41) is 16.7. The van der Waals surface area contributed by atoms with Gasteiger partial charge in [0.2, 0.25) is 11.8 Å². The molecule has 0 saturated carbocycles. The van der Waals surface area contributed by atoms with Crippen LogP contribution in [0.1, 0.15) is 12.8 Å². The zero-order chi connectivity index (χ0) is 9.72. The van der Waals surface area contributed by atoms with Crippen LogP contribution in [0.25, 0.3) is 0 Å². The first kappa shape index (κ1) is 15.6. The third-order valence-corrected chi connectivity index (χ3v) is 1.78. The number of carbonyl (C=O) groups is 3. The third-order valence-electron chi connectivity index (χ3n) is 0.991. The zero-order valence-electron chi connectivity index (χ0n) is 6.49. The average Bonchev–Trinajstić information content (AvgIpc) is 2.19. The minimum Gasteiger partial charge on any atom is -0.652 e. The Morgan fingerprint density at radius 3 is 1.54 bits per heavy atom. The summed E-state index contributed by atoms with van der Waals surface area (Å²) in [6.07, 6.45) is -1.63. The molecule has 1 fully saturated rings. The first-order valence-electron chi connectivity index (χ1n) is 2.84. The number of hydrogen-bond acceptors (Lipinski definition) is 5. The summed E-state index contributed by atoms with van der Waals surface area (Å²) < 4.78 is 0.979. The summed E-state index contributed by atoms with van der Waals surface area (Å²) in [6, 6.07) is 0. The second-order valence-electron chi connectivity index (χ2n) is 1.82. The molecule has 68 valence electrons. The molecule has 0 unspecified atom stereocenters. The van der Waals surface area contributed by atoms with Crippen LogP contribution < -0.4 is 10.2 Å². The van der Waals surface area contributed by atoms with Crippen LogP contribution in [0.2, 0.25) is 0 Å². The summed E-state index contributed by atoms with van der Waals surface area (Å²) in [5.41, 5.74) is 0. The Kier molecular flexibility index (Phi) is 9.06. The normalized spacial score (nSPS) is 14.4. The van der Waals surface area contributed by atoms with Gasteiger partial charge in [-0.05, 0) is 6.16 Å². The fraction of sp³-hybridized carbons (Fsp3) is 0.400. The van der Waals surface area contributed by atoms with Gasteiger partial charge in [0.25, 0.3) is 0 Å². The van der Waals surface area contributed by atoms with Gasteiger partial charge in [-0.1, -0.05) is 0 Å². The number of hydrogen-bond donors (Lipinski definition) is 0. The van der Waals surface area contributed by atoms with Crippen LogP contribution >= 0.6 is 16.1 Å². The van der Waals surface area contributed by atoms with Gasteiger partial charge in [0.15, 0.2) is 0 Å². The molecule has 1 heterocycles. The molecule has 0 atom stereocenters. The third kappa shape index (κ3) is 7.24. The topological polar surface area (TPSA) is 101 Å². The smallest absolute Gasteiger partial charge is 0.652 e. The molecule has 13 heavy (non-hydrogen) atoms. The number of imide groups is 1. The molecule has 0 bridgehead atoms. The molecule has 2 amide bonds. The van der Waals surface area contributed by atoms with Crippen LogP contribution in [0.4, 0.5) is 4.79 Å². The van der Waals surface area contributed by atoms with E-state index in [2.05, 4.69) is 16.1 Å². The summed E-state index contributed by atoms with van der Waals surface area (Å²) in [4.78, 5) is 29.2. The zero-order valence-corrected chi connectivity index (χ0v) is 10.3. The molecule has 0 aromatic heterocycles. The van der Waals surface area contributed by atoms with Gasteiger partial charge in [0.1, 0.15) is 0 Å². The Morgan fingerprint density at radius 1 is 1.23 bits per heavy atom. The van der Waals surface area contributed by atoms with Gasteiger partial charge in [0, 0.05) is 12.8 Å². The van der Waals surface area contributed by atoms with Crippen molar-refractivity contribution in [2.45, 2.75) is 12.8 Å². The molecule has 1 rings (SSSR count). The predicted octanol–water partition coefficient (Wildman–Crippen LogP) is -2.38. The molecule has 8 heteroatoms. The van der Waals surface area contributed by atoms with E-state index in [9.17, 15) is 9.59 Å². The first-order chi connectivity index (χ1) is 5.45. The molecule has 6 nitrogen and oxygen atoms in total. The number of halogens is 1. The van der Waals surface area contributed by atoms with Gasteiger partial charge in [-0.3, -0.25) is 9.59 Å². The van der Waals surface area contributed by atoms with E-state index in [0.717, 1.165) is 3.93 Å². The number of carbonyl (C=O) groups excluding carboxylic acids is 3. The van der Waals surface area contributed by atoms with Crippen molar-refractivity contribution in [1.82, 2.24) is 3.93 Å². The fourth-order valence-corrected chi connectivity index (χ4v) is 0.904. The van der Waals surface area contributed by atoms with Crippen molar-refractivity contribution in [2.24, 2.45) is 0 Å². The van der Waals surface area contributed by atoms with E-state index < -0.39 is 6.16 Å². The molecule has 1 aliphatic rings. The van der Waals surface area contributed by atoms with E-state index in [1.54, 1.807) is 0 Å². The molecule has 0 aromatic carbocycles. The first-order valence-corrected chi connectivity index (χ1v) is 3.55. The van der Waals surface area contributed by atoms with Crippen LogP contribution in [0.3, 0.4) is 0 Å². The molecular weight excluding hydrogens is 274 g/mol. The molecule has 0 N–H and O–H groups in total. The van der Waals surface area contributed by atoms with E-state index >= 15 is 0 Å². The number of rotatable bonds is 0. The Balaban J connectivity index is 0. The molecule has 0 spiro atoms. The number of carboxylic acid groups (broad SMARTS) is 2. The summed E-state index contributed by atoms with van der Waals surface area (Å²) in [7, 11) is 0. The van der Waals surface area contributed by atoms with Crippen LogP contribution in [-0.2, 0) is 9.59 Å². The second kappa shape index (κ2) is 7.54. The molecular formula is C5H4BrCaNO5. The fourth-order valence-electron chi connectivity index (χ4n) is 0.549. The van der Waals surface area contributed by atoms with E-state index in [-0.39, 0.29) is 49.6 Å². The van der Waals surface area contributed by atoms with Gasteiger partial charge in [-0.25, -0.2) is 3.93 Å². The molecule has 0 aromatic rings.